The fraction of sp³-hybridized carbons (Fsp3) is 0.500. The summed E-state index contributed by atoms with van der Waals surface area (Å²) in [5.41, 5.74) is -0.0645. The highest BCUT2D eigenvalue weighted by molar-refractivity contribution is 7.09. The van der Waals surface area contributed by atoms with Crippen molar-refractivity contribution in [3.8, 4) is 12.3 Å². The number of hydrogen-bond acceptors (Lipinski definition) is 3. The lowest BCUT2D eigenvalue weighted by atomic mass is 10.1. The summed E-state index contributed by atoms with van der Waals surface area (Å²) in [5.74, 6) is 2.61. The molecule has 0 saturated heterocycles. The summed E-state index contributed by atoms with van der Waals surface area (Å²) in [6.45, 7) is 5.06. The summed E-state index contributed by atoms with van der Waals surface area (Å²) >= 11 is 1.66. The van der Waals surface area contributed by atoms with Crippen LogP contribution in [0.15, 0.2) is 11.6 Å². The maximum absolute atomic E-state index is 5.17. The van der Waals surface area contributed by atoms with Crippen molar-refractivity contribution in [2.45, 2.75) is 25.8 Å². The first-order valence-corrected chi connectivity index (χ1v) is 5.13. The Morgan fingerprint density at radius 2 is 2.46 bits per heavy atom. The Morgan fingerprint density at radius 3 is 3.00 bits per heavy atom. The van der Waals surface area contributed by atoms with Gasteiger partial charge in [0.2, 0.25) is 0 Å². The molecule has 0 fully saturated rings. The van der Waals surface area contributed by atoms with Crippen LogP contribution in [-0.4, -0.2) is 11.5 Å². The zero-order chi connectivity index (χ0) is 9.73. The van der Waals surface area contributed by atoms with E-state index in [1.54, 1.807) is 11.3 Å². The van der Waals surface area contributed by atoms with Gasteiger partial charge in [0.05, 0.1) is 5.54 Å². The number of terminal acetylenes is 1. The Morgan fingerprint density at radius 1 is 1.69 bits per heavy atom. The minimum atomic E-state index is -0.0645. The fourth-order valence-electron chi connectivity index (χ4n) is 1.05. The molecule has 70 valence electrons. The van der Waals surface area contributed by atoms with Crippen LogP contribution in [0.5, 0.6) is 0 Å². The van der Waals surface area contributed by atoms with E-state index in [9.17, 15) is 0 Å². The molecule has 0 aliphatic rings. The van der Waals surface area contributed by atoms with Gasteiger partial charge in [-0.05, 0) is 13.8 Å². The van der Waals surface area contributed by atoms with Gasteiger partial charge < -0.3 is 5.32 Å². The topological polar surface area (TPSA) is 24.9 Å². The van der Waals surface area contributed by atoms with E-state index < -0.39 is 0 Å². The molecule has 0 aliphatic heterocycles. The van der Waals surface area contributed by atoms with Gasteiger partial charge in [0.1, 0.15) is 5.01 Å². The number of nitrogens with zero attached hydrogens (tertiary/aromatic N) is 1. The first-order valence-electron chi connectivity index (χ1n) is 4.25. The first-order chi connectivity index (χ1) is 6.17. The van der Waals surface area contributed by atoms with E-state index in [0.29, 0.717) is 0 Å². The molecule has 0 atom stereocenters. The number of rotatable bonds is 4. The highest BCUT2D eigenvalue weighted by atomic mass is 32.1. The van der Waals surface area contributed by atoms with Crippen molar-refractivity contribution in [3.05, 3.63) is 16.6 Å². The van der Waals surface area contributed by atoms with Gasteiger partial charge in [-0.25, -0.2) is 4.98 Å². The van der Waals surface area contributed by atoms with Gasteiger partial charge >= 0.3 is 0 Å². The van der Waals surface area contributed by atoms with Gasteiger partial charge in [-0.15, -0.1) is 23.7 Å². The minimum Gasteiger partial charge on any atom is -0.305 e. The lowest BCUT2D eigenvalue weighted by molar-refractivity contribution is 0.407. The third-order valence-electron chi connectivity index (χ3n) is 1.80. The summed E-state index contributed by atoms with van der Waals surface area (Å²) in [6, 6.07) is 0. The Balaban J connectivity index is 2.52. The Kier molecular flexibility index (Phi) is 3.47. The molecule has 0 bridgehead atoms. The highest BCUT2D eigenvalue weighted by Crippen LogP contribution is 2.21. The second-order valence-electron chi connectivity index (χ2n) is 3.34. The second-order valence-corrected chi connectivity index (χ2v) is 4.24. The average Bonchev–Trinajstić information content (AvgIpc) is 2.56. The highest BCUT2D eigenvalue weighted by Gasteiger charge is 2.21. The van der Waals surface area contributed by atoms with Gasteiger partial charge in [-0.1, -0.05) is 0 Å². The van der Waals surface area contributed by atoms with Crippen molar-refractivity contribution in [2.24, 2.45) is 0 Å². The Hall–Kier alpha value is -0.850. The molecule has 3 heteroatoms. The van der Waals surface area contributed by atoms with Crippen molar-refractivity contribution >= 4 is 11.3 Å². The van der Waals surface area contributed by atoms with Crippen LogP contribution in [0.1, 0.15) is 25.3 Å². The molecular formula is C10H14N2S. The van der Waals surface area contributed by atoms with Crippen LogP contribution in [0.4, 0.5) is 0 Å². The Labute approximate surface area is 83.4 Å². The quantitative estimate of drug-likeness (QED) is 0.585. The predicted molar refractivity (Wildman–Crippen MR) is 56.6 cm³/mol. The van der Waals surface area contributed by atoms with E-state index in [1.807, 2.05) is 11.6 Å². The molecule has 1 aromatic heterocycles. The monoisotopic (exact) mass is 194 g/mol. The van der Waals surface area contributed by atoms with Crippen LogP contribution in [0.2, 0.25) is 0 Å². The molecule has 1 aromatic rings. The summed E-state index contributed by atoms with van der Waals surface area (Å²) in [4.78, 5) is 4.27. The zero-order valence-electron chi connectivity index (χ0n) is 8.00. The molecule has 0 aliphatic carbocycles. The molecule has 13 heavy (non-hydrogen) atoms. The van der Waals surface area contributed by atoms with Crippen LogP contribution in [0, 0.1) is 12.3 Å². The Bertz CT molecular complexity index is 282. The molecule has 2 nitrogen and oxygen atoms in total. The molecule has 0 unspecified atom stereocenters. The van der Waals surface area contributed by atoms with Crippen molar-refractivity contribution in [1.29, 1.82) is 0 Å². The van der Waals surface area contributed by atoms with Gasteiger partial charge in [0.25, 0.3) is 0 Å². The molecule has 0 aromatic carbocycles. The SMILES string of the molecule is C#CCCNC(C)(C)c1nccs1. The normalized spacial score (nSPS) is 11.2. The molecule has 1 heterocycles. The van der Waals surface area contributed by atoms with E-state index >= 15 is 0 Å². The summed E-state index contributed by atoms with van der Waals surface area (Å²) in [6.07, 6.45) is 7.76. The van der Waals surface area contributed by atoms with Crippen LogP contribution < -0.4 is 5.32 Å². The molecule has 0 saturated carbocycles. The molecule has 1 N–H and O–H groups in total. The minimum absolute atomic E-state index is 0.0645. The first kappa shape index (κ1) is 10.2. The van der Waals surface area contributed by atoms with Gasteiger partial charge in [0, 0.05) is 24.5 Å². The van der Waals surface area contributed by atoms with E-state index in [2.05, 4.69) is 30.1 Å². The maximum atomic E-state index is 5.17. The third-order valence-corrected chi connectivity index (χ3v) is 2.90. The number of nitrogens with one attached hydrogen (secondary N) is 1. The van der Waals surface area contributed by atoms with Gasteiger partial charge in [-0.3, -0.25) is 0 Å². The molecular weight excluding hydrogens is 180 g/mol. The number of aromatic nitrogens is 1. The molecule has 0 amide bonds. The van der Waals surface area contributed by atoms with Crippen LogP contribution in [0.25, 0.3) is 0 Å². The molecule has 1 rings (SSSR count). The van der Waals surface area contributed by atoms with Crippen LogP contribution in [0.3, 0.4) is 0 Å². The van der Waals surface area contributed by atoms with Crippen LogP contribution >= 0.6 is 11.3 Å². The third kappa shape index (κ3) is 2.83. The van der Waals surface area contributed by atoms with Crippen molar-refractivity contribution < 1.29 is 0 Å². The number of hydrogen-bond donors (Lipinski definition) is 1. The van der Waals surface area contributed by atoms with Gasteiger partial charge in [0.15, 0.2) is 0 Å². The number of thiazole rings is 1. The predicted octanol–water partition coefficient (Wildman–Crippen LogP) is 1.99. The molecule has 0 spiro atoms. The average molecular weight is 194 g/mol. The van der Waals surface area contributed by atoms with E-state index in [-0.39, 0.29) is 5.54 Å². The van der Waals surface area contributed by atoms with E-state index in [4.69, 9.17) is 6.42 Å². The zero-order valence-corrected chi connectivity index (χ0v) is 8.82. The largest absolute Gasteiger partial charge is 0.305 e. The smallest absolute Gasteiger partial charge is 0.112 e. The molecule has 0 radical (unpaired) electrons. The van der Waals surface area contributed by atoms with E-state index in [1.165, 1.54) is 0 Å². The summed E-state index contributed by atoms with van der Waals surface area (Å²) in [7, 11) is 0. The fourth-order valence-corrected chi connectivity index (χ4v) is 1.79. The van der Waals surface area contributed by atoms with Gasteiger partial charge in [-0.2, -0.15) is 0 Å². The van der Waals surface area contributed by atoms with E-state index in [0.717, 1.165) is 18.0 Å². The maximum Gasteiger partial charge on any atom is 0.112 e. The van der Waals surface area contributed by atoms with Crippen molar-refractivity contribution in [3.63, 3.8) is 0 Å². The lowest BCUT2D eigenvalue weighted by Crippen LogP contribution is -2.36. The lowest BCUT2D eigenvalue weighted by Gasteiger charge is -2.23. The van der Waals surface area contributed by atoms with Crippen molar-refractivity contribution in [2.75, 3.05) is 6.54 Å². The van der Waals surface area contributed by atoms with Crippen LogP contribution in [-0.2, 0) is 5.54 Å². The summed E-state index contributed by atoms with van der Waals surface area (Å²) < 4.78 is 0. The standard InChI is InChI=1S/C10H14N2S/c1-4-5-6-12-10(2,3)9-11-7-8-13-9/h1,7-8,12H,5-6H2,2-3H3. The summed E-state index contributed by atoms with van der Waals surface area (Å²) in [5, 5.41) is 6.46. The van der Waals surface area contributed by atoms with Crippen molar-refractivity contribution in [1.82, 2.24) is 10.3 Å². The second kappa shape index (κ2) is 4.40.